The van der Waals surface area contributed by atoms with Crippen LogP contribution >= 0.6 is 0 Å². The Kier molecular flexibility index (Phi) is 5.52. The Balaban J connectivity index is 1.57. The van der Waals surface area contributed by atoms with Crippen molar-refractivity contribution in [2.24, 2.45) is 17.3 Å². The smallest absolute Gasteiger partial charge is 0.317 e. The van der Waals surface area contributed by atoms with Gasteiger partial charge in [0, 0.05) is 12.1 Å². The van der Waals surface area contributed by atoms with Gasteiger partial charge < -0.3 is 14.7 Å². The highest BCUT2D eigenvalue weighted by atomic mass is 16.5. The number of rotatable bonds is 3. The van der Waals surface area contributed by atoms with E-state index in [-0.39, 0.29) is 18.0 Å². The number of carbonyl (C=O) groups is 1. The van der Waals surface area contributed by atoms with Crippen LogP contribution in [0.15, 0.2) is 24.3 Å². The summed E-state index contributed by atoms with van der Waals surface area (Å²) in [7, 11) is 0. The molecule has 1 aromatic carbocycles. The Bertz CT molecular complexity index is 733. The van der Waals surface area contributed by atoms with E-state index in [1.54, 1.807) is 6.07 Å². The van der Waals surface area contributed by atoms with Gasteiger partial charge in [0.1, 0.15) is 12.4 Å². The predicted octanol–water partition coefficient (Wildman–Crippen LogP) is 3.23. The fourth-order valence-corrected chi connectivity index (χ4v) is 5.49. The summed E-state index contributed by atoms with van der Waals surface area (Å²) in [6, 6.07) is 7.35. The number of aliphatic hydroxyl groups is 1. The van der Waals surface area contributed by atoms with Crippen LogP contribution in [0.25, 0.3) is 0 Å². The van der Waals surface area contributed by atoms with Crippen LogP contribution in [0.2, 0.25) is 0 Å². The van der Waals surface area contributed by atoms with E-state index in [0.717, 1.165) is 37.8 Å². The summed E-state index contributed by atoms with van der Waals surface area (Å²) in [5, 5.41) is 8.88. The van der Waals surface area contributed by atoms with Gasteiger partial charge in [-0.3, -0.25) is 4.79 Å². The van der Waals surface area contributed by atoms with Crippen LogP contribution in [0, 0.1) is 29.1 Å². The minimum Gasteiger partial charge on any atom is -0.426 e. The number of esters is 1. The number of fused-ring (bicyclic) bond motifs is 3. The van der Waals surface area contributed by atoms with Crippen molar-refractivity contribution in [3.05, 3.63) is 29.8 Å². The quantitative estimate of drug-likeness (QED) is 0.506. The van der Waals surface area contributed by atoms with Gasteiger partial charge >= 0.3 is 5.97 Å². The maximum absolute atomic E-state index is 13.5. The fraction of sp³-hybridized carbons (Fsp3) is 0.609. The molecular weight excluding hydrogens is 338 g/mol. The predicted molar refractivity (Wildman–Crippen MR) is 104 cm³/mol. The number of benzene rings is 1. The highest BCUT2D eigenvalue weighted by Crippen LogP contribution is 2.51. The third kappa shape index (κ3) is 3.77. The highest BCUT2D eigenvalue weighted by Gasteiger charge is 2.53. The van der Waals surface area contributed by atoms with Gasteiger partial charge in [0.2, 0.25) is 0 Å². The van der Waals surface area contributed by atoms with Crippen LogP contribution in [-0.2, 0) is 4.79 Å². The zero-order valence-corrected chi connectivity index (χ0v) is 16.0. The standard InChI is InChI=1S/C23H29NO3/c25-15-5-7-18-6-4-8-20(16-18)27-22(26)23(11-2-1-3-12-23)21-17-24-13-9-19(21)10-14-24/h4,6,8,16,19,21,25H,1-3,9-15,17H2/t21-/m1/s1. The molecule has 0 radical (unpaired) electrons. The van der Waals surface area contributed by atoms with Gasteiger partial charge in [-0.15, -0.1) is 0 Å². The summed E-state index contributed by atoms with van der Waals surface area (Å²) >= 11 is 0. The molecule has 2 bridgehead atoms. The van der Waals surface area contributed by atoms with E-state index in [1.807, 2.05) is 18.2 Å². The summed E-state index contributed by atoms with van der Waals surface area (Å²) in [6.45, 7) is 3.27. The van der Waals surface area contributed by atoms with Crippen molar-refractivity contribution in [2.45, 2.75) is 44.9 Å². The molecule has 4 aliphatic rings. The third-order valence-electron chi connectivity index (χ3n) is 6.87. The largest absolute Gasteiger partial charge is 0.426 e. The number of carbonyl (C=O) groups excluding carboxylic acids is 1. The molecule has 3 aliphatic heterocycles. The average Bonchev–Trinajstić information content (AvgIpc) is 2.74. The molecule has 27 heavy (non-hydrogen) atoms. The Morgan fingerprint density at radius 3 is 2.67 bits per heavy atom. The number of hydrogen-bond donors (Lipinski definition) is 1. The summed E-state index contributed by atoms with van der Waals surface area (Å²) < 4.78 is 5.95. The fourth-order valence-electron chi connectivity index (χ4n) is 5.49. The molecule has 1 atom stereocenters. The molecule has 3 saturated heterocycles. The average molecular weight is 367 g/mol. The van der Waals surface area contributed by atoms with E-state index in [9.17, 15) is 4.79 Å². The molecule has 0 amide bonds. The van der Waals surface area contributed by atoms with Gasteiger partial charge in [-0.1, -0.05) is 37.2 Å². The number of piperidine rings is 3. The van der Waals surface area contributed by atoms with Crippen molar-refractivity contribution in [3.63, 3.8) is 0 Å². The van der Waals surface area contributed by atoms with E-state index in [4.69, 9.17) is 9.84 Å². The van der Waals surface area contributed by atoms with Crippen LogP contribution in [0.3, 0.4) is 0 Å². The number of aliphatic hydroxyl groups excluding tert-OH is 1. The van der Waals surface area contributed by atoms with Gasteiger partial charge in [-0.25, -0.2) is 0 Å². The Hall–Kier alpha value is -1.83. The monoisotopic (exact) mass is 367 g/mol. The van der Waals surface area contributed by atoms with E-state index in [0.29, 0.717) is 17.6 Å². The van der Waals surface area contributed by atoms with Crippen LogP contribution in [0.1, 0.15) is 50.5 Å². The van der Waals surface area contributed by atoms with Gasteiger partial charge in [0.15, 0.2) is 0 Å². The van der Waals surface area contributed by atoms with Crippen molar-refractivity contribution < 1.29 is 14.6 Å². The van der Waals surface area contributed by atoms with Crippen LogP contribution in [-0.4, -0.2) is 42.2 Å². The lowest BCUT2D eigenvalue weighted by Gasteiger charge is -2.53. The molecule has 1 N–H and O–H groups in total. The molecule has 1 saturated carbocycles. The third-order valence-corrected chi connectivity index (χ3v) is 6.87. The van der Waals surface area contributed by atoms with Gasteiger partial charge in [0.05, 0.1) is 5.41 Å². The van der Waals surface area contributed by atoms with E-state index >= 15 is 0 Å². The molecule has 3 heterocycles. The molecule has 144 valence electrons. The highest BCUT2D eigenvalue weighted by molar-refractivity contribution is 5.80. The molecule has 0 unspecified atom stereocenters. The lowest BCUT2D eigenvalue weighted by atomic mass is 9.58. The topological polar surface area (TPSA) is 49.8 Å². The van der Waals surface area contributed by atoms with Gasteiger partial charge in [-0.05, 0) is 68.8 Å². The first kappa shape index (κ1) is 18.5. The molecule has 4 heteroatoms. The molecule has 1 aliphatic carbocycles. The van der Waals surface area contributed by atoms with Gasteiger partial charge in [0.25, 0.3) is 0 Å². The molecular formula is C23H29NO3. The Morgan fingerprint density at radius 1 is 1.22 bits per heavy atom. The number of ether oxygens (including phenoxy) is 1. The first-order chi connectivity index (χ1) is 13.2. The second kappa shape index (κ2) is 8.04. The van der Waals surface area contributed by atoms with Gasteiger partial charge in [-0.2, -0.15) is 0 Å². The maximum atomic E-state index is 13.5. The van der Waals surface area contributed by atoms with E-state index < -0.39 is 0 Å². The van der Waals surface area contributed by atoms with Crippen LogP contribution in [0.4, 0.5) is 0 Å². The lowest BCUT2D eigenvalue weighted by Crippen LogP contribution is -2.57. The van der Waals surface area contributed by atoms with Crippen LogP contribution in [0.5, 0.6) is 5.75 Å². The minimum absolute atomic E-state index is 0.0341. The summed E-state index contributed by atoms with van der Waals surface area (Å²) in [6.07, 6.45) is 7.86. The lowest BCUT2D eigenvalue weighted by molar-refractivity contribution is -0.159. The first-order valence-electron chi connectivity index (χ1n) is 10.4. The van der Waals surface area contributed by atoms with Crippen molar-refractivity contribution >= 4 is 5.97 Å². The molecule has 4 nitrogen and oxygen atoms in total. The molecule has 0 aromatic heterocycles. The normalized spacial score (nSPS) is 28.9. The Labute approximate surface area is 161 Å². The molecule has 5 rings (SSSR count). The SMILES string of the molecule is O=C(Oc1cccc(C#CCO)c1)C1([C@@H]2CN3CCC2CC3)CCCCC1. The first-order valence-corrected chi connectivity index (χ1v) is 10.4. The van der Waals surface area contributed by atoms with E-state index in [1.165, 1.54) is 32.4 Å². The zero-order valence-electron chi connectivity index (χ0n) is 16.0. The number of nitrogens with zero attached hydrogens (tertiary/aromatic N) is 1. The zero-order chi connectivity index (χ0) is 18.7. The van der Waals surface area contributed by atoms with Crippen molar-refractivity contribution in [1.82, 2.24) is 4.90 Å². The molecule has 4 fully saturated rings. The van der Waals surface area contributed by atoms with Crippen molar-refractivity contribution in [1.29, 1.82) is 0 Å². The summed E-state index contributed by atoms with van der Waals surface area (Å²) in [5.74, 6) is 7.17. The summed E-state index contributed by atoms with van der Waals surface area (Å²) in [5.41, 5.74) is 0.435. The van der Waals surface area contributed by atoms with Crippen LogP contribution < -0.4 is 4.74 Å². The molecule has 1 aromatic rings. The second-order valence-corrected chi connectivity index (χ2v) is 8.34. The maximum Gasteiger partial charge on any atom is 0.317 e. The van der Waals surface area contributed by atoms with Crippen molar-refractivity contribution in [2.75, 3.05) is 26.2 Å². The van der Waals surface area contributed by atoms with E-state index in [2.05, 4.69) is 16.7 Å². The minimum atomic E-state index is -0.325. The number of hydrogen-bond acceptors (Lipinski definition) is 4. The molecule has 0 spiro atoms. The Morgan fingerprint density at radius 2 is 2.00 bits per heavy atom. The second-order valence-electron chi connectivity index (χ2n) is 8.34. The van der Waals surface area contributed by atoms with Crippen molar-refractivity contribution in [3.8, 4) is 17.6 Å². The summed E-state index contributed by atoms with van der Waals surface area (Å²) in [4.78, 5) is 16.0.